The lowest BCUT2D eigenvalue weighted by molar-refractivity contribution is 0.102. The number of aromatic nitrogens is 2. The van der Waals surface area contributed by atoms with Gasteiger partial charge in [0.05, 0.1) is 11.3 Å². The Kier molecular flexibility index (Phi) is 6.78. The molecule has 2 aromatic heterocycles. The van der Waals surface area contributed by atoms with E-state index < -0.39 is 5.91 Å². The van der Waals surface area contributed by atoms with Gasteiger partial charge in [0, 0.05) is 48.0 Å². The Bertz CT molecular complexity index is 1320. The highest BCUT2D eigenvalue weighted by Gasteiger charge is 2.23. The molecule has 1 saturated heterocycles. The molecular weight excluding hydrogens is 438 g/mol. The van der Waals surface area contributed by atoms with Gasteiger partial charge in [-0.2, -0.15) is 5.26 Å². The van der Waals surface area contributed by atoms with Crippen LogP contribution in [0.2, 0.25) is 0 Å². The molecule has 1 fully saturated rings. The summed E-state index contributed by atoms with van der Waals surface area (Å²) in [5.41, 5.74) is 9.89. The van der Waals surface area contributed by atoms with Crippen LogP contribution in [-0.4, -0.2) is 34.7 Å². The third kappa shape index (κ3) is 5.30. The van der Waals surface area contributed by atoms with Crippen molar-refractivity contribution >= 4 is 28.8 Å². The molecule has 8 nitrogen and oxygen atoms in total. The second-order valence-corrected chi connectivity index (χ2v) is 9.39. The lowest BCUT2D eigenvalue weighted by atomic mass is 9.92. The van der Waals surface area contributed by atoms with Gasteiger partial charge in [-0.25, -0.2) is 9.97 Å². The van der Waals surface area contributed by atoms with Crippen LogP contribution in [0.3, 0.4) is 0 Å². The van der Waals surface area contributed by atoms with Crippen molar-refractivity contribution in [3.8, 4) is 6.07 Å². The number of hydrogen-bond acceptors (Lipinski definition) is 7. The van der Waals surface area contributed by atoms with Gasteiger partial charge >= 0.3 is 0 Å². The first-order valence-electron chi connectivity index (χ1n) is 11.6. The zero-order valence-electron chi connectivity index (χ0n) is 20.2. The van der Waals surface area contributed by atoms with Crippen molar-refractivity contribution in [3.63, 3.8) is 0 Å². The van der Waals surface area contributed by atoms with E-state index in [1.54, 1.807) is 43.5 Å². The predicted molar refractivity (Wildman–Crippen MR) is 138 cm³/mol. The number of piperidine rings is 1. The maximum Gasteiger partial charge on any atom is 0.274 e. The number of pyridine rings is 2. The second-order valence-electron chi connectivity index (χ2n) is 9.39. The highest BCUT2D eigenvalue weighted by molar-refractivity contribution is 6.15. The topological polar surface area (TPSA) is 132 Å². The first-order chi connectivity index (χ1) is 16.7. The van der Waals surface area contributed by atoms with Gasteiger partial charge in [0.1, 0.15) is 17.6 Å². The van der Waals surface area contributed by atoms with Crippen LogP contribution in [0, 0.1) is 35.5 Å². The SMILES string of the molecule is Cc1cc(C#N)cnc1C(=O)Nc1ccc(N)c(C(=N)c2ccnc(N3CC(C)CC(C)C3)c2)c1. The number of benzene rings is 1. The number of nitrogens with one attached hydrogen (secondary N) is 2. The number of carbonyl (C=O) groups is 1. The number of carbonyl (C=O) groups excluding carboxylic acids is 1. The van der Waals surface area contributed by atoms with Crippen molar-refractivity contribution in [1.29, 1.82) is 10.7 Å². The summed E-state index contributed by atoms with van der Waals surface area (Å²) in [6, 6.07) is 12.4. The quantitative estimate of drug-likeness (QED) is 0.377. The van der Waals surface area contributed by atoms with E-state index in [2.05, 4.69) is 34.0 Å². The summed E-state index contributed by atoms with van der Waals surface area (Å²) in [5, 5.41) is 20.7. The lowest BCUT2D eigenvalue weighted by Crippen LogP contribution is -2.39. The average molecular weight is 468 g/mol. The highest BCUT2D eigenvalue weighted by atomic mass is 16.1. The van der Waals surface area contributed by atoms with Gasteiger partial charge in [0.15, 0.2) is 0 Å². The van der Waals surface area contributed by atoms with Gasteiger partial charge in [-0.1, -0.05) is 13.8 Å². The zero-order chi connectivity index (χ0) is 25.1. The molecule has 4 rings (SSSR count). The molecule has 0 saturated carbocycles. The Labute approximate surface area is 205 Å². The van der Waals surface area contributed by atoms with Crippen molar-refractivity contribution in [2.45, 2.75) is 27.2 Å². The van der Waals surface area contributed by atoms with Crippen molar-refractivity contribution in [1.82, 2.24) is 9.97 Å². The van der Waals surface area contributed by atoms with Gasteiger partial charge in [-0.15, -0.1) is 0 Å². The van der Waals surface area contributed by atoms with E-state index in [1.165, 1.54) is 12.6 Å². The second kappa shape index (κ2) is 9.94. The number of rotatable bonds is 5. The summed E-state index contributed by atoms with van der Waals surface area (Å²) in [4.78, 5) is 23.7. The van der Waals surface area contributed by atoms with E-state index in [1.807, 2.05) is 12.1 Å². The fraction of sp³-hybridized carbons (Fsp3) is 0.296. The zero-order valence-corrected chi connectivity index (χ0v) is 20.2. The minimum atomic E-state index is -0.395. The molecule has 2 unspecified atom stereocenters. The van der Waals surface area contributed by atoms with E-state index in [0.29, 0.717) is 45.5 Å². The Hall–Kier alpha value is -4.25. The molecule has 1 aliphatic rings. The third-order valence-corrected chi connectivity index (χ3v) is 6.23. The Morgan fingerprint density at radius 2 is 1.91 bits per heavy atom. The Balaban J connectivity index is 1.57. The standard InChI is InChI=1S/C27H29N7O/c1-16-8-17(2)15-34(14-16)24-10-20(6-7-31-24)25(30)22-11-21(4-5-23(22)29)33-27(35)26-18(3)9-19(12-28)13-32-26/h4-7,9-11,13,16-17,30H,8,14-15,29H2,1-3H3,(H,33,35). The number of anilines is 3. The predicted octanol–water partition coefficient (Wildman–Crippen LogP) is 4.39. The van der Waals surface area contributed by atoms with Gasteiger partial charge in [-0.05, 0) is 67.1 Å². The lowest BCUT2D eigenvalue weighted by Gasteiger charge is -2.36. The van der Waals surface area contributed by atoms with E-state index in [9.17, 15) is 4.79 Å². The highest BCUT2D eigenvalue weighted by Crippen LogP contribution is 2.27. The van der Waals surface area contributed by atoms with Crippen LogP contribution in [0.1, 0.15) is 53.0 Å². The maximum absolute atomic E-state index is 12.8. The largest absolute Gasteiger partial charge is 0.398 e. The van der Waals surface area contributed by atoms with Crippen molar-refractivity contribution in [3.05, 3.63) is 76.7 Å². The molecule has 0 radical (unpaired) electrons. The van der Waals surface area contributed by atoms with Crippen LogP contribution < -0.4 is 16.0 Å². The summed E-state index contributed by atoms with van der Waals surface area (Å²) in [6.45, 7) is 8.13. The molecule has 3 aromatic rings. The molecule has 0 aliphatic carbocycles. The summed E-state index contributed by atoms with van der Waals surface area (Å²) in [5.74, 6) is 1.65. The number of nitrogens with two attached hydrogens (primary N) is 1. The number of aryl methyl sites for hydroxylation is 1. The number of hydrogen-bond donors (Lipinski definition) is 3. The first-order valence-corrected chi connectivity index (χ1v) is 11.6. The van der Waals surface area contributed by atoms with Crippen LogP contribution in [0.4, 0.5) is 17.2 Å². The van der Waals surface area contributed by atoms with Crippen LogP contribution in [0.25, 0.3) is 0 Å². The molecule has 8 heteroatoms. The van der Waals surface area contributed by atoms with Crippen LogP contribution >= 0.6 is 0 Å². The molecule has 1 amide bonds. The van der Waals surface area contributed by atoms with E-state index in [4.69, 9.17) is 16.4 Å². The number of nitrogen functional groups attached to an aromatic ring is 1. The van der Waals surface area contributed by atoms with E-state index in [-0.39, 0.29) is 11.4 Å². The molecule has 35 heavy (non-hydrogen) atoms. The van der Waals surface area contributed by atoms with Gasteiger partial charge in [0.25, 0.3) is 5.91 Å². The average Bonchev–Trinajstić information content (AvgIpc) is 2.84. The van der Waals surface area contributed by atoms with Crippen LogP contribution in [0.5, 0.6) is 0 Å². The normalized spacial score (nSPS) is 17.5. The van der Waals surface area contributed by atoms with Crippen molar-refractivity contribution < 1.29 is 4.79 Å². The molecule has 4 N–H and O–H groups in total. The smallest absolute Gasteiger partial charge is 0.274 e. The molecular formula is C27H29N7O. The summed E-state index contributed by atoms with van der Waals surface area (Å²) in [7, 11) is 0. The first kappa shape index (κ1) is 23.9. The molecule has 1 aliphatic heterocycles. The minimum absolute atomic E-state index is 0.237. The van der Waals surface area contributed by atoms with Crippen LogP contribution in [-0.2, 0) is 0 Å². The van der Waals surface area contributed by atoms with Gasteiger partial charge in [0.2, 0.25) is 0 Å². The van der Waals surface area contributed by atoms with Gasteiger partial charge in [-0.3, -0.25) is 10.2 Å². The summed E-state index contributed by atoms with van der Waals surface area (Å²) >= 11 is 0. The summed E-state index contributed by atoms with van der Waals surface area (Å²) < 4.78 is 0. The number of amides is 1. The van der Waals surface area contributed by atoms with Crippen molar-refractivity contribution in [2.24, 2.45) is 11.8 Å². The van der Waals surface area contributed by atoms with Gasteiger partial charge < -0.3 is 16.0 Å². The fourth-order valence-electron chi connectivity index (χ4n) is 4.67. The minimum Gasteiger partial charge on any atom is -0.398 e. The fourth-order valence-corrected chi connectivity index (χ4v) is 4.67. The van der Waals surface area contributed by atoms with Crippen LogP contribution in [0.15, 0.2) is 48.8 Å². The number of nitriles is 1. The Morgan fingerprint density at radius 1 is 1.17 bits per heavy atom. The maximum atomic E-state index is 12.8. The number of nitrogens with zero attached hydrogens (tertiary/aromatic N) is 4. The van der Waals surface area contributed by atoms with E-state index in [0.717, 1.165) is 18.9 Å². The molecule has 1 aromatic carbocycles. The molecule has 0 spiro atoms. The molecule has 2 atom stereocenters. The molecule has 3 heterocycles. The third-order valence-electron chi connectivity index (χ3n) is 6.23. The van der Waals surface area contributed by atoms with Crippen molar-refractivity contribution in [2.75, 3.05) is 29.0 Å². The monoisotopic (exact) mass is 467 g/mol. The summed E-state index contributed by atoms with van der Waals surface area (Å²) in [6.07, 6.45) is 4.31. The Morgan fingerprint density at radius 3 is 2.60 bits per heavy atom. The molecule has 0 bridgehead atoms. The van der Waals surface area contributed by atoms with E-state index >= 15 is 0 Å². The molecule has 178 valence electrons.